The maximum Gasteiger partial charge on any atom is 0.330 e. The van der Waals surface area contributed by atoms with Crippen molar-refractivity contribution >= 4 is 17.7 Å². The molecule has 4 rings (SSSR count). The van der Waals surface area contributed by atoms with Gasteiger partial charge in [0, 0.05) is 17.1 Å². The number of methoxy groups -OCH3 is 2. The summed E-state index contributed by atoms with van der Waals surface area (Å²) in [5.41, 5.74) is 1.89. The topological polar surface area (TPSA) is 69.7 Å². The van der Waals surface area contributed by atoms with Gasteiger partial charge in [-0.25, -0.2) is 4.79 Å². The van der Waals surface area contributed by atoms with Gasteiger partial charge >= 0.3 is 11.9 Å². The van der Waals surface area contributed by atoms with E-state index in [4.69, 9.17) is 9.47 Å². The first kappa shape index (κ1) is 25.9. The molecule has 4 aliphatic carbocycles. The third kappa shape index (κ3) is 3.51. The monoisotopic (exact) mass is 482 g/mol. The number of hydrogen-bond acceptors (Lipinski definition) is 5. The zero-order valence-electron chi connectivity index (χ0n) is 22.8. The van der Waals surface area contributed by atoms with Crippen LogP contribution in [0.5, 0.6) is 0 Å². The Bertz CT molecular complexity index is 1060. The molecule has 192 valence electrons. The Morgan fingerprint density at radius 2 is 1.54 bits per heavy atom. The first-order valence-electron chi connectivity index (χ1n) is 13.0. The van der Waals surface area contributed by atoms with E-state index in [1.807, 2.05) is 6.08 Å². The van der Waals surface area contributed by atoms with Crippen LogP contribution in [-0.4, -0.2) is 31.9 Å². The second-order valence-corrected chi connectivity index (χ2v) is 12.8. The van der Waals surface area contributed by atoms with E-state index in [0.29, 0.717) is 11.5 Å². The van der Waals surface area contributed by atoms with E-state index in [2.05, 4.69) is 40.7 Å². The minimum atomic E-state index is -0.459. The van der Waals surface area contributed by atoms with Crippen LogP contribution in [0.2, 0.25) is 0 Å². The standard InChI is InChI=1S/C30H42O5/c1-19(31)20-9-10-22-28(4,21(20)17-24(32)34-7)14-16-30(6)23-18-27(3,25(33)35-8)12-11-26(23,2)13-15-29(22,30)5/h9-10,17,23H,11-16,18H2,1-8H3/t23?,26-,27-,28+,29+,30-/m1/s1. The lowest BCUT2D eigenvalue weighted by atomic mass is 9.34. The Labute approximate surface area is 210 Å². The summed E-state index contributed by atoms with van der Waals surface area (Å²) in [5.74, 6) is -0.175. The molecule has 5 heteroatoms. The summed E-state index contributed by atoms with van der Waals surface area (Å²) >= 11 is 0. The third-order valence-electron chi connectivity index (χ3n) is 11.1. The predicted molar refractivity (Wildman–Crippen MR) is 135 cm³/mol. The molecule has 0 spiro atoms. The van der Waals surface area contributed by atoms with Crippen molar-refractivity contribution in [3.8, 4) is 0 Å². The van der Waals surface area contributed by atoms with Crippen molar-refractivity contribution in [1.82, 2.24) is 0 Å². The van der Waals surface area contributed by atoms with E-state index in [1.54, 1.807) is 6.92 Å². The van der Waals surface area contributed by atoms with Crippen LogP contribution in [0.25, 0.3) is 0 Å². The van der Waals surface area contributed by atoms with Crippen LogP contribution in [0.4, 0.5) is 0 Å². The van der Waals surface area contributed by atoms with E-state index in [-0.39, 0.29) is 28.0 Å². The van der Waals surface area contributed by atoms with E-state index < -0.39 is 16.8 Å². The summed E-state index contributed by atoms with van der Waals surface area (Å²) in [6.07, 6.45) is 12.4. The van der Waals surface area contributed by atoms with E-state index in [9.17, 15) is 14.4 Å². The maximum atomic E-state index is 12.8. The lowest BCUT2D eigenvalue weighted by Gasteiger charge is -2.69. The number of carbonyl (C=O) groups is 3. The Kier molecular flexibility index (Phi) is 6.05. The number of allylic oxidation sites excluding steroid dienone is 5. The van der Waals surface area contributed by atoms with Crippen molar-refractivity contribution in [2.45, 2.75) is 86.5 Å². The van der Waals surface area contributed by atoms with Gasteiger partial charge in [-0.15, -0.1) is 0 Å². The van der Waals surface area contributed by atoms with Gasteiger partial charge in [0.1, 0.15) is 0 Å². The summed E-state index contributed by atoms with van der Waals surface area (Å²) in [6.45, 7) is 13.1. The molecule has 0 saturated heterocycles. The number of esters is 2. The molecular weight excluding hydrogens is 440 g/mol. The summed E-state index contributed by atoms with van der Waals surface area (Å²) in [5, 5.41) is 0. The largest absolute Gasteiger partial charge is 0.469 e. The van der Waals surface area contributed by atoms with Crippen molar-refractivity contribution in [2.75, 3.05) is 14.2 Å². The molecule has 0 N–H and O–H groups in total. The van der Waals surface area contributed by atoms with Crippen molar-refractivity contribution in [3.05, 3.63) is 34.9 Å². The van der Waals surface area contributed by atoms with Crippen LogP contribution in [0.3, 0.4) is 0 Å². The number of ketones is 1. The molecule has 6 atom stereocenters. The van der Waals surface area contributed by atoms with Crippen LogP contribution in [0.15, 0.2) is 34.9 Å². The summed E-state index contributed by atoms with van der Waals surface area (Å²) in [7, 11) is 2.88. The zero-order chi connectivity index (χ0) is 26.0. The van der Waals surface area contributed by atoms with Crippen LogP contribution in [0.1, 0.15) is 86.5 Å². The normalized spacial score (nSPS) is 43.7. The summed E-state index contributed by atoms with van der Waals surface area (Å²) < 4.78 is 10.2. The summed E-state index contributed by atoms with van der Waals surface area (Å²) in [4.78, 5) is 37.8. The smallest absolute Gasteiger partial charge is 0.330 e. The number of Topliss-reactive ketones (excluding diaryl/α,β-unsaturated/α-hetero) is 1. The second kappa shape index (κ2) is 8.18. The molecule has 1 unspecified atom stereocenters. The fourth-order valence-electron chi connectivity index (χ4n) is 8.53. The van der Waals surface area contributed by atoms with Gasteiger partial charge in [-0.3, -0.25) is 9.59 Å². The Hall–Kier alpha value is -2.17. The van der Waals surface area contributed by atoms with E-state index in [0.717, 1.165) is 50.5 Å². The highest BCUT2D eigenvalue weighted by Crippen LogP contribution is 2.75. The highest BCUT2D eigenvalue weighted by Gasteiger charge is 2.67. The van der Waals surface area contributed by atoms with Gasteiger partial charge in [0.05, 0.1) is 19.6 Å². The second-order valence-electron chi connectivity index (χ2n) is 12.8. The van der Waals surface area contributed by atoms with Crippen molar-refractivity contribution in [3.63, 3.8) is 0 Å². The third-order valence-corrected chi connectivity index (χ3v) is 11.1. The van der Waals surface area contributed by atoms with Crippen LogP contribution in [-0.2, 0) is 23.9 Å². The first-order valence-corrected chi connectivity index (χ1v) is 13.0. The number of ether oxygens (including phenoxy) is 2. The molecule has 35 heavy (non-hydrogen) atoms. The highest BCUT2D eigenvalue weighted by atomic mass is 16.5. The molecule has 0 aromatic carbocycles. The molecule has 0 aliphatic heterocycles. The molecule has 4 aliphatic rings. The number of rotatable bonds is 3. The Morgan fingerprint density at radius 1 is 0.886 bits per heavy atom. The van der Waals surface area contributed by atoms with Gasteiger partial charge in [0.2, 0.25) is 0 Å². The molecule has 3 fully saturated rings. The van der Waals surface area contributed by atoms with E-state index in [1.165, 1.54) is 25.9 Å². The molecule has 0 aromatic rings. The van der Waals surface area contributed by atoms with Gasteiger partial charge < -0.3 is 9.47 Å². The number of fused-ring (bicyclic) bond motifs is 5. The zero-order valence-corrected chi connectivity index (χ0v) is 22.8. The van der Waals surface area contributed by atoms with Crippen LogP contribution < -0.4 is 0 Å². The Balaban J connectivity index is 1.85. The average Bonchev–Trinajstić information content (AvgIpc) is 2.81. The van der Waals surface area contributed by atoms with Crippen molar-refractivity contribution in [1.29, 1.82) is 0 Å². The van der Waals surface area contributed by atoms with Gasteiger partial charge in [0.15, 0.2) is 5.78 Å². The quantitative estimate of drug-likeness (QED) is 0.357. The van der Waals surface area contributed by atoms with Crippen LogP contribution in [0, 0.1) is 33.0 Å². The maximum absolute atomic E-state index is 12.8. The van der Waals surface area contributed by atoms with Gasteiger partial charge in [0.25, 0.3) is 0 Å². The average molecular weight is 483 g/mol. The first-order chi connectivity index (χ1) is 16.2. The fraction of sp³-hybridized carbons (Fsp3) is 0.700. The van der Waals surface area contributed by atoms with Crippen LogP contribution >= 0.6 is 0 Å². The molecular formula is C30H42O5. The molecule has 0 amide bonds. The lowest BCUT2D eigenvalue weighted by Crippen LogP contribution is -2.62. The van der Waals surface area contributed by atoms with Gasteiger partial charge in [-0.2, -0.15) is 0 Å². The predicted octanol–water partition coefficient (Wildman–Crippen LogP) is 6.13. The number of hydrogen-bond donors (Lipinski definition) is 0. The minimum absolute atomic E-state index is 0.0149. The molecule has 0 aromatic heterocycles. The molecule has 3 saturated carbocycles. The molecule has 0 bridgehead atoms. The van der Waals surface area contributed by atoms with Gasteiger partial charge in [-0.1, -0.05) is 45.4 Å². The SMILES string of the molecule is COC(=O)C=C1C(C(C)=O)=CC=C2[C@@]1(C)CC[C@]1(C)C3C[C@](C)(C(=O)OC)CC[C@]3(C)CC[C@@]21C. The number of carbonyl (C=O) groups excluding carboxylic acids is 3. The highest BCUT2D eigenvalue weighted by molar-refractivity contribution is 6.01. The fourth-order valence-corrected chi connectivity index (χ4v) is 8.53. The van der Waals surface area contributed by atoms with Gasteiger partial charge in [-0.05, 0) is 86.5 Å². The molecule has 0 radical (unpaired) electrons. The van der Waals surface area contributed by atoms with E-state index >= 15 is 0 Å². The Morgan fingerprint density at radius 3 is 2.14 bits per heavy atom. The van der Waals surface area contributed by atoms with Crippen molar-refractivity contribution < 1.29 is 23.9 Å². The van der Waals surface area contributed by atoms with Crippen molar-refractivity contribution in [2.24, 2.45) is 33.0 Å². The summed E-state index contributed by atoms with van der Waals surface area (Å²) in [6, 6.07) is 0. The minimum Gasteiger partial charge on any atom is -0.469 e. The lowest BCUT2D eigenvalue weighted by molar-refractivity contribution is -0.180. The molecule has 5 nitrogen and oxygen atoms in total. The molecule has 0 heterocycles.